The molecule has 0 aliphatic carbocycles. The third kappa shape index (κ3) is 2.10. The van der Waals surface area contributed by atoms with Gasteiger partial charge in [-0.05, 0) is 12.8 Å². The number of aryl methyl sites for hydroxylation is 1. The van der Waals surface area contributed by atoms with E-state index in [0.29, 0.717) is 5.82 Å². The van der Waals surface area contributed by atoms with Crippen LogP contribution in [0.5, 0.6) is 0 Å². The van der Waals surface area contributed by atoms with Crippen molar-refractivity contribution in [3.05, 3.63) is 12.3 Å². The summed E-state index contributed by atoms with van der Waals surface area (Å²) in [5.74, 6) is 0.363. The second-order valence-corrected chi connectivity index (χ2v) is 4.70. The van der Waals surface area contributed by atoms with E-state index in [1.807, 2.05) is 27.0 Å². The molecule has 0 spiro atoms. The second-order valence-electron chi connectivity index (χ2n) is 4.70. The van der Waals surface area contributed by atoms with E-state index in [-0.39, 0.29) is 24.3 Å². The highest BCUT2D eigenvalue weighted by atomic mass is 16.2. The minimum atomic E-state index is -0.480. The van der Waals surface area contributed by atoms with E-state index < -0.39 is 6.04 Å². The summed E-state index contributed by atoms with van der Waals surface area (Å²) < 4.78 is 1.74. The summed E-state index contributed by atoms with van der Waals surface area (Å²) in [6, 6.07) is 1.29. The van der Waals surface area contributed by atoms with Crippen molar-refractivity contribution in [3.8, 4) is 0 Å². The number of nitrogens with one attached hydrogen (secondary N) is 1. The number of hydrogen-bond donors (Lipinski definition) is 1. The van der Waals surface area contributed by atoms with Crippen LogP contribution >= 0.6 is 0 Å². The first-order chi connectivity index (χ1) is 8.54. The Hall–Kier alpha value is -1.85. The van der Waals surface area contributed by atoms with Crippen LogP contribution in [0.4, 0.5) is 5.82 Å². The number of rotatable bonds is 3. The van der Waals surface area contributed by atoms with Gasteiger partial charge in [-0.1, -0.05) is 13.8 Å². The molecule has 1 N–H and O–H groups in total. The molecule has 1 unspecified atom stereocenters. The van der Waals surface area contributed by atoms with E-state index in [9.17, 15) is 9.59 Å². The minimum absolute atomic E-state index is 0.0426. The summed E-state index contributed by atoms with van der Waals surface area (Å²) in [5, 5.41) is 6.93. The van der Waals surface area contributed by atoms with E-state index >= 15 is 0 Å². The number of piperazine rings is 1. The number of anilines is 1. The fourth-order valence-corrected chi connectivity index (χ4v) is 2.15. The molecule has 1 aliphatic rings. The Bertz CT molecular complexity index is 466. The zero-order valence-electron chi connectivity index (χ0n) is 10.9. The summed E-state index contributed by atoms with van der Waals surface area (Å²) >= 11 is 0. The lowest BCUT2D eigenvalue weighted by atomic mass is 9.99. The normalized spacial score (nSPS) is 20.4. The van der Waals surface area contributed by atoms with Gasteiger partial charge in [0.2, 0.25) is 11.8 Å². The highest BCUT2D eigenvalue weighted by molar-refractivity contribution is 6.06. The molecule has 1 aromatic heterocycles. The molecule has 98 valence electrons. The molecule has 0 aromatic carbocycles. The summed E-state index contributed by atoms with van der Waals surface area (Å²) in [6.07, 6.45) is 1.81. The SMILES string of the molecule is CCn1ccc(N2C(=O)CNC(=O)C2C(C)C)n1. The Morgan fingerprint density at radius 1 is 1.50 bits per heavy atom. The average Bonchev–Trinajstić information content (AvgIpc) is 2.79. The molecule has 1 saturated heterocycles. The van der Waals surface area contributed by atoms with Gasteiger partial charge < -0.3 is 5.32 Å². The molecule has 1 fully saturated rings. The Morgan fingerprint density at radius 3 is 2.78 bits per heavy atom. The van der Waals surface area contributed by atoms with Crippen LogP contribution in [0.3, 0.4) is 0 Å². The maximum absolute atomic E-state index is 12.0. The van der Waals surface area contributed by atoms with Crippen LogP contribution in [0.2, 0.25) is 0 Å². The molecular weight excluding hydrogens is 232 g/mol. The number of carbonyl (C=O) groups excluding carboxylic acids is 2. The third-order valence-electron chi connectivity index (χ3n) is 3.06. The first-order valence-electron chi connectivity index (χ1n) is 6.17. The topological polar surface area (TPSA) is 67.2 Å². The van der Waals surface area contributed by atoms with Crippen LogP contribution in [0.25, 0.3) is 0 Å². The molecule has 6 heteroatoms. The molecule has 0 bridgehead atoms. The zero-order chi connectivity index (χ0) is 13.3. The molecule has 1 aromatic rings. The van der Waals surface area contributed by atoms with E-state index in [4.69, 9.17) is 0 Å². The van der Waals surface area contributed by atoms with Crippen LogP contribution in [-0.4, -0.2) is 34.2 Å². The first-order valence-corrected chi connectivity index (χ1v) is 6.17. The van der Waals surface area contributed by atoms with Gasteiger partial charge in [0.1, 0.15) is 6.04 Å². The minimum Gasteiger partial charge on any atom is -0.345 e. The summed E-state index contributed by atoms with van der Waals surface area (Å²) in [4.78, 5) is 25.4. The Kier molecular flexibility index (Phi) is 3.36. The van der Waals surface area contributed by atoms with Gasteiger partial charge in [0.05, 0.1) is 6.54 Å². The molecule has 18 heavy (non-hydrogen) atoms. The van der Waals surface area contributed by atoms with Crippen LogP contribution < -0.4 is 10.2 Å². The molecule has 2 amide bonds. The zero-order valence-corrected chi connectivity index (χ0v) is 10.9. The first kappa shape index (κ1) is 12.6. The van der Waals surface area contributed by atoms with Crippen molar-refractivity contribution in [1.29, 1.82) is 0 Å². The standard InChI is InChI=1S/C12H18N4O2/c1-4-15-6-5-9(14-15)16-10(17)7-13-12(18)11(16)8(2)3/h5-6,8,11H,4,7H2,1-3H3,(H,13,18). The third-order valence-corrected chi connectivity index (χ3v) is 3.06. The lowest BCUT2D eigenvalue weighted by Gasteiger charge is -2.35. The number of carbonyl (C=O) groups is 2. The van der Waals surface area contributed by atoms with Crippen molar-refractivity contribution in [2.45, 2.75) is 33.4 Å². The van der Waals surface area contributed by atoms with Gasteiger partial charge in [-0.15, -0.1) is 0 Å². The predicted octanol–water partition coefficient (Wildman–Crippen LogP) is 0.390. The fourth-order valence-electron chi connectivity index (χ4n) is 2.15. The Balaban J connectivity index is 2.36. The molecule has 6 nitrogen and oxygen atoms in total. The van der Waals surface area contributed by atoms with Crippen molar-refractivity contribution in [2.24, 2.45) is 5.92 Å². The van der Waals surface area contributed by atoms with Gasteiger partial charge in [0.15, 0.2) is 5.82 Å². The van der Waals surface area contributed by atoms with Crippen molar-refractivity contribution in [2.75, 3.05) is 11.4 Å². The number of hydrogen-bond acceptors (Lipinski definition) is 3. The predicted molar refractivity (Wildman–Crippen MR) is 67.0 cm³/mol. The fraction of sp³-hybridized carbons (Fsp3) is 0.583. The van der Waals surface area contributed by atoms with Crippen LogP contribution in [0.15, 0.2) is 12.3 Å². The van der Waals surface area contributed by atoms with Crippen molar-refractivity contribution < 1.29 is 9.59 Å². The van der Waals surface area contributed by atoms with E-state index in [2.05, 4.69) is 10.4 Å². The lowest BCUT2D eigenvalue weighted by molar-refractivity contribution is -0.131. The highest BCUT2D eigenvalue weighted by Crippen LogP contribution is 2.21. The van der Waals surface area contributed by atoms with E-state index in [1.54, 1.807) is 10.7 Å². The van der Waals surface area contributed by atoms with E-state index in [1.165, 1.54) is 4.90 Å². The summed E-state index contributed by atoms with van der Waals surface area (Å²) in [7, 11) is 0. The Morgan fingerprint density at radius 2 is 2.22 bits per heavy atom. The number of nitrogens with zero attached hydrogens (tertiary/aromatic N) is 3. The van der Waals surface area contributed by atoms with E-state index in [0.717, 1.165) is 6.54 Å². The van der Waals surface area contributed by atoms with Gasteiger partial charge in [0, 0.05) is 18.8 Å². The molecule has 0 radical (unpaired) electrons. The van der Waals surface area contributed by atoms with Crippen LogP contribution in [-0.2, 0) is 16.1 Å². The van der Waals surface area contributed by atoms with Crippen molar-refractivity contribution in [1.82, 2.24) is 15.1 Å². The second kappa shape index (κ2) is 4.80. The van der Waals surface area contributed by atoms with Gasteiger partial charge in [-0.2, -0.15) is 5.10 Å². The number of amides is 2. The molecule has 0 saturated carbocycles. The molecule has 1 atom stereocenters. The van der Waals surface area contributed by atoms with Gasteiger partial charge in [0.25, 0.3) is 0 Å². The summed E-state index contributed by atoms with van der Waals surface area (Å²) in [5.41, 5.74) is 0. The molecule has 2 rings (SSSR count). The average molecular weight is 250 g/mol. The lowest BCUT2D eigenvalue weighted by Crippen LogP contribution is -2.60. The monoisotopic (exact) mass is 250 g/mol. The van der Waals surface area contributed by atoms with Gasteiger partial charge >= 0.3 is 0 Å². The highest BCUT2D eigenvalue weighted by Gasteiger charge is 2.38. The van der Waals surface area contributed by atoms with Gasteiger partial charge in [-0.25, -0.2) is 0 Å². The van der Waals surface area contributed by atoms with Crippen molar-refractivity contribution >= 4 is 17.6 Å². The largest absolute Gasteiger partial charge is 0.345 e. The molecular formula is C12H18N4O2. The quantitative estimate of drug-likeness (QED) is 0.844. The molecule has 1 aliphatic heterocycles. The Labute approximate surface area is 106 Å². The number of aromatic nitrogens is 2. The van der Waals surface area contributed by atoms with Gasteiger partial charge in [-0.3, -0.25) is 19.2 Å². The maximum Gasteiger partial charge on any atom is 0.248 e. The van der Waals surface area contributed by atoms with Crippen LogP contribution in [0, 0.1) is 5.92 Å². The van der Waals surface area contributed by atoms with Crippen molar-refractivity contribution in [3.63, 3.8) is 0 Å². The van der Waals surface area contributed by atoms with Crippen LogP contribution in [0.1, 0.15) is 20.8 Å². The maximum atomic E-state index is 12.0. The molecule has 2 heterocycles. The summed E-state index contributed by atoms with van der Waals surface area (Å²) in [6.45, 7) is 6.60. The smallest absolute Gasteiger partial charge is 0.248 e.